The van der Waals surface area contributed by atoms with Crippen LogP contribution in [0.25, 0.3) is 0 Å². The highest BCUT2D eigenvalue weighted by molar-refractivity contribution is 5.85. The van der Waals surface area contributed by atoms with Gasteiger partial charge in [-0.15, -0.1) is 0 Å². The van der Waals surface area contributed by atoms with Crippen molar-refractivity contribution in [1.29, 1.82) is 0 Å². The number of carbonyl (C=O) groups excluding carboxylic acids is 2. The third-order valence-corrected chi connectivity index (χ3v) is 4.41. The molecule has 0 saturated heterocycles. The van der Waals surface area contributed by atoms with Crippen LogP contribution in [0.3, 0.4) is 0 Å². The average Bonchev–Trinajstić information content (AvgIpc) is 2.76. The minimum atomic E-state index is -1.73. The monoisotopic (exact) mass is 428 g/mol. The first-order valence-corrected chi connectivity index (χ1v) is 9.99. The van der Waals surface area contributed by atoms with Crippen molar-refractivity contribution in [2.24, 2.45) is 5.92 Å². The van der Waals surface area contributed by atoms with Gasteiger partial charge in [-0.25, -0.2) is 14.4 Å². The van der Waals surface area contributed by atoms with Gasteiger partial charge in [0.25, 0.3) is 0 Å². The Balaban J connectivity index is 2.17. The highest BCUT2D eigenvalue weighted by Gasteiger charge is 2.29. The van der Waals surface area contributed by atoms with Gasteiger partial charge < -0.3 is 25.2 Å². The third-order valence-electron chi connectivity index (χ3n) is 4.41. The second-order valence-electron chi connectivity index (χ2n) is 7.54. The number of carboxylic acid groups (broad SMARTS) is 1. The average molecular weight is 428 g/mol. The number of rotatable bonds is 10. The van der Waals surface area contributed by atoms with E-state index in [1.54, 1.807) is 30.3 Å². The van der Waals surface area contributed by atoms with Gasteiger partial charge in [-0.3, -0.25) is 0 Å². The van der Waals surface area contributed by atoms with E-state index >= 15 is 0 Å². The van der Waals surface area contributed by atoms with E-state index < -0.39 is 36.7 Å². The maximum absolute atomic E-state index is 12.9. The molecule has 0 radical (unpaired) electrons. The largest absolute Gasteiger partial charge is 0.479 e. The summed E-state index contributed by atoms with van der Waals surface area (Å²) in [7, 11) is 0. The summed E-state index contributed by atoms with van der Waals surface area (Å²) in [6.07, 6.45) is -1.73. The fourth-order valence-corrected chi connectivity index (χ4v) is 2.92. The number of nitrogens with zero attached hydrogens (tertiary/aromatic N) is 1. The molecule has 0 aromatic heterocycles. The van der Waals surface area contributed by atoms with Gasteiger partial charge in [0.05, 0.1) is 6.54 Å². The van der Waals surface area contributed by atoms with E-state index in [0.29, 0.717) is 5.56 Å². The van der Waals surface area contributed by atoms with Crippen molar-refractivity contribution in [3.05, 3.63) is 71.8 Å². The zero-order chi connectivity index (χ0) is 22.8. The molecule has 0 aliphatic heterocycles. The summed E-state index contributed by atoms with van der Waals surface area (Å²) >= 11 is 0. The predicted octanol–water partition coefficient (Wildman–Crippen LogP) is 2.58. The van der Waals surface area contributed by atoms with E-state index in [2.05, 4.69) is 5.32 Å². The van der Waals surface area contributed by atoms with Crippen LogP contribution in [0.4, 0.5) is 4.79 Å². The summed E-state index contributed by atoms with van der Waals surface area (Å²) in [5.74, 6) is -2.05. The van der Waals surface area contributed by atoms with Crippen LogP contribution >= 0.6 is 0 Å². The van der Waals surface area contributed by atoms with E-state index in [4.69, 9.17) is 9.84 Å². The fourth-order valence-electron chi connectivity index (χ4n) is 2.92. The number of ether oxygens (including phenoxy) is 1. The Bertz CT molecular complexity index is 857. The van der Waals surface area contributed by atoms with Crippen LogP contribution in [0.5, 0.6) is 0 Å². The molecule has 2 amide bonds. The lowest BCUT2D eigenvalue weighted by Gasteiger charge is -2.28. The van der Waals surface area contributed by atoms with E-state index in [1.807, 2.05) is 44.2 Å². The van der Waals surface area contributed by atoms with Crippen LogP contribution in [-0.4, -0.2) is 52.3 Å². The van der Waals surface area contributed by atoms with Crippen molar-refractivity contribution < 1.29 is 29.3 Å². The van der Waals surface area contributed by atoms with Crippen molar-refractivity contribution in [2.45, 2.75) is 32.6 Å². The number of esters is 1. The molecule has 0 bridgehead atoms. The Morgan fingerprint density at radius 3 is 2.10 bits per heavy atom. The molecular weight excluding hydrogens is 400 g/mol. The number of aliphatic carboxylic acids is 1. The molecule has 2 atom stereocenters. The van der Waals surface area contributed by atoms with Gasteiger partial charge in [0.1, 0.15) is 6.61 Å². The normalized spacial score (nSPS) is 12.6. The van der Waals surface area contributed by atoms with E-state index in [9.17, 15) is 19.5 Å². The Morgan fingerprint density at radius 2 is 1.55 bits per heavy atom. The quantitative estimate of drug-likeness (QED) is 0.501. The molecule has 2 aromatic rings. The van der Waals surface area contributed by atoms with E-state index in [0.717, 1.165) is 5.56 Å². The van der Waals surface area contributed by atoms with Crippen molar-refractivity contribution in [2.75, 3.05) is 13.1 Å². The fraction of sp³-hybridized carbons (Fsp3) is 0.348. The van der Waals surface area contributed by atoms with Crippen molar-refractivity contribution in [1.82, 2.24) is 10.2 Å². The van der Waals surface area contributed by atoms with Crippen LogP contribution in [0.2, 0.25) is 0 Å². The van der Waals surface area contributed by atoms with Crippen molar-refractivity contribution in [3.8, 4) is 0 Å². The topological polar surface area (TPSA) is 116 Å². The SMILES string of the molecule is CC(C)CN(C[C@H](O)C(=O)O)C(=O)N[C@H](C(=O)OCc1ccccc1)c1ccccc1. The zero-order valence-corrected chi connectivity index (χ0v) is 17.6. The summed E-state index contributed by atoms with van der Waals surface area (Å²) in [5.41, 5.74) is 1.33. The molecule has 0 fully saturated rings. The number of aliphatic hydroxyl groups is 1. The number of aliphatic hydroxyl groups excluding tert-OH is 1. The Morgan fingerprint density at radius 1 is 0.968 bits per heavy atom. The molecule has 0 aliphatic carbocycles. The Hall–Kier alpha value is -3.39. The minimum Gasteiger partial charge on any atom is -0.479 e. The first kappa shape index (κ1) is 23.9. The van der Waals surface area contributed by atoms with E-state index in [1.165, 1.54) is 4.90 Å². The van der Waals surface area contributed by atoms with Gasteiger partial charge in [0.2, 0.25) is 0 Å². The van der Waals surface area contributed by atoms with Gasteiger partial charge in [-0.1, -0.05) is 74.5 Å². The van der Waals surface area contributed by atoms with Gasteiger partial charge in [0, 0.05) is 6.54 Å². The lowest BCUT2D eigenvalue weighted by molar-refractivity contribution is -0.148. The minimum absolute atomic E-state index is 0.0203. The van der Waals surface area contributed by atoms with E-state index in [-0.39, 0.29) is 19.1 Å². The van der Waals surface area contributed by atoms with Crippen LogP contribution in [-0.2, 0) is 20.9 Å². The van der Waals surface area contributed by atoms with Gasteiger partial charge in [-0.2, -0.15) is 0 Å². The molecular formula is C23H28N2O6. The number of hydrogen-bond acceptors (Lipinski definition) is 5. The molecule has 0 spiro atoms. The summed E-state index contributed by atoms with van der Waals surface area (Å²) in [6, 6.07) is 16.0. The second kappa shape index (κ2) is 11.7. The van der Waals surface area contributed by atoms with Crippen molar-refractivity contribution >= 4 is 18.0 Å². The summed E-state index contributed by atoms with van der Waals surface area (Å²) < 4.78 is 5.41. The van der Waals surface area contributed by atoms with Gasteiger partial charge in [-0.05, 0) is 17.0 Å². The van der Waals surface area contributed by atoms with Crippen LogP contribution in [0.1, 0.15) is 31.0 Å². The highest BCUT2D eigenvalue weighted by atomic mass is 16.5. The number of carbonyl (C=O) groups is 3. The molecule has 2 aromatic carbocycles. The number of amides is 2. The number of carboxylic acids is 1. The first-order valence-electron chi connectivity index (χ1n) is 9.99. The molecule has 166 valence electrons. The molecule has 0 aliphatic rings. The standard InChI is InChI=1S/C23H28N2O6/c1-16(2)13-25(14-19(26)21(27)28)23(30)24-20(18-11-7-4-8-12-18)22(29)31-15-17-9-5-3-6-10-17/h3-12,16,19-20,26H,13-15H2,1-2H3,(H,24,30)(H,27,28)/t19-,20-/m0/s1. The van der Waals surface area contributed by atoms with Crippen LogP contribution in [0.15, 0.2) is 60.7 Å². The maximum Gasteiger partial charge on any atom is 0.334 e. The highest BCUT2D eigenvalue weighted by Crippen LogP contribution is 2.17. The zero-order valence-electron chi connectivity index (χ0n) is 17.6. The summed E-state index contributed by atoms with van der Waals surface area (Å²) in [6.45, 7) is 3.56. The van der Waals surface area contributed by atoms with Gasteiger partial charge in [0.15, 0.2) is 12.1 Å². The first-order chi connectivity index (χ1) is 14.8. The maximum atomic E-state index is 12.9. The number of urea groups is 1. The van der Waals surface area contributed by atoms with Crippen molar-refractivity contribution in [3.63, 3.8) is 0 Å². The van der Waals surface area contributed by atoms with Crippen LogP contribution < -0.4 is 5.32 Å². The molecule has 31 heavy (non-hydrogen) atoms. The molecule has 0 saturated carbocycles. The number of nitrogens with one attached hydrogen (secondary N) is 1. The smallest absolute Gasteiger partial charge is 0.334 e. The Kier molecular flexibility index (Phi) is 9.02. The van der Waals surface area contributed by atoms with Crippen LogP contribution in [0, 0.1) is 5.92 Å². The lowest BCUT2D eigenvalue weighted by Crippen LogP contribution is -2.49. The molecule has 8 nitrogen and oxygen atoms in total. The number of benzene rings is 2. The molecule has 3 N–H and O–H groups in total. The summed E-state index contributed by atoms with van der Waals surface area (Å²) in [5, 5.41) is 21.3. The summed E-state index contributed by atoms with van der Waals surface area (Å²) in [4.78, 5) is 37.9. The second-order valence-corrected chi connectivity index (χ2v) is 7.54. The molecule has 0 heterocycles. The molecule has 0 unspecified atom stereocenters. The predicted molar refractivity (Wildman–Crippen MR) is 114 cm³/mol. The third kappa shape index (κ3) is 7.75. The Labute approximate surface area is 181 Å². The molecule has 2 rings (SSSR count). The molecule has 8 heteroatoms. The lowest BCUT2D eigenvalue weighted by atomic mass is 10.1. The number of hydrogen-bond donors (Lipinski definition) is 3. The van der Waals surface area contributed by atoms with Gasteiger partial charge >= 0.3 is 18.0 Å².